The van der Waals surface area contributed by atoms with Crippen LogP contribution >= 0.6 is 0 Å². The van der Waals surface area contributed by atoms with Gasteiger partial charge < -0.3 is 10.2 Å². The van der Waals surface area contributed by atoms with Crippen LogP contribution in [0.5, 0.6) is 0 Å². The van der Waals surface area contributed by atoms with Crippen LogP contribution in [-0.2, 0) is 9.59 Å². The van der Waals surface area contributed by atoms with Crippen molar-refractivity contribution in [3.05, 3.63) is 29.8 Å². The van der Waals surface area contributed by atoms with Gasteiger partial charge in [-0.3, -0.25) is 9.59 Å². The van der Waals surface area contributed by atoms with Crippen LogP contribution in [0, 0.1) is 18.8 Å². The Morgan fingerprint density at radius 1 is 1.25 bits per heavy atom. The maximum atomic E-state index is 12.5. The predicted octanol–water partition coefficient (Wildman–Crippen LogP) is 3.68. The molecule has 1 aliphatic heterocycles. The summed E-state index contributed by atoms with van der Waals surface area (Å²) in [6.07, 6.45) is 3.60. The van der Waals surface area contributed by atoms with Gasteiger partial charge in [-0.25, -0.2) is 0 Å². The molecule has 0 radical (unpaired) electrons. The molecule has 0 spiro atoms. The number of nitrogens with one attached hydrogen (secondary N) is 1. The van der Waals surface area contributed by atoms with Crippen molar-refractivity contribution in [2.75, 3.05) is 11.4 Å². The molecule has 1 fully saturated rings. The van der Waals surface area contributed by atoms with E-state index in [1.165, 1.54) is 6.42 Å². The fourth-order valence-electron chi connectivity index (χ4n) is 3.25. The molecular formula is C20H30N2O2. The van der Waals surface area contributed by atoms with Gasteiger partial charge in [-0.15, -0.1) is 0 Å². The fourth-order valence-corrected chi connectivity index (χ4v) is 3.25. The molecule has 0 saturated carbocycles. The summed E-state index contributed by atoms with van der Waals surface area (Å²) in [5.41, 5.74) is 1.98. The summed E-state index contributed by atoms with van der Waals surface area (Å²) in [6.45, 7) is 8.95. The summed E-state index contributed by atoms with van der Waals surface area (Å²) in [5, 5.41) is 3.08. The molecule has 1 saturated heterocycles. The number of aryl methyl sites for hydroxylation is 1. The van der Waals surface area contributed by atoms with Gasteiger partial charge in [-0.05, 0) is 37.8 Å². The van der Waals surface area contributed by atoms with Crippen molar-refractivity contribution in [2.24, 2.45) is 11.8 Å². The monoisotopic (exact) mass is 330 g/mol. The van der Waals surface area contributed by atoms with Crippen LogP contribution in [0.3, 0.4) is 0 Å². The van der Waals surface area contributed by atoms with Crippen molar-refractivity contribution < 1.29 is 9.59 Å². The third-order valence-corrected chi connectivity index (χ3v) is 4.71. The molecule has 2 atom stereocenters. The second-order valence-corrected chi connectivity index (χ2v) is 7.43. The van der Waals surface area contributed by atoms with Gasteiger partial charge in [0.1, 0.15) is 0 Å². The van der Waals surface area contributed by atoms with Crippen LogP contribution in [0.2, 0.25) is 0 Å². The average Bonchev–Trinajstić information content (AvgIpc) is 2.89. The van der Waals surface area contributed by atoms with E-state index in [1.807, 2.05) is 38.1 Å². The third kappa shape index (κ3) is 4.83. The summed E-state index contributed by atoms with van der Waals surface area (Å²) in [4.78, 5) is 26.5. The Bertz CT molecular complexity index is 583. The summed E-state index contributed by atoms with van der Waals surface area (Å²) in [6, 6.07) is 8.00. The number of hydrogen-bond acceptors (Lipinski definition) is 2. The zero-order chi connectivity index (χ0) is 17.7. The molecule has 2 rings (SSSR count). The van der Waals surface area contributed by atoms with E-state index in [4.69, 9.17) is 0 Å². The molecular weight excluding hydrogens is 300 g/mol. The second kappa shape index (κ2) is 8.32. The van der Waals surface area contributed by atoms with Gasteiger partial charge >= 0.3 is 0 Å². The summed E-state index contributed by atoms with van der Waals surface area (Å²) in [5.74, 6) is 0.501. The zero-order valence-electron chi connectivity index (χ0n) is 15.3. The first-order valence-corrected chi connectivity index (χ1v) is 9.04. The topological polar surface area (TPSA) is 49.4 Å². The predicted molar refractivity (Wildman–Crippen MR) is 97.9 cm³/mol. The van der Waals surface area contributed by atoms with E-state index in [1.54, 1.807) is 4.90 Å². The highest BCUT2D eigenvalue weighted by atomic mass is 16.2. The van der Waals surface area contributed by atoms with E-state index in [-0.39, 0.29) is 23.8 Å². The highest BCUT2D eigenvalue weighted by molar-refractivity contribution is 6.00. The van der Waals surface area contributed by atoms with E-state index in [2.05, 4.69) is 19.2 Å². The highest BCUT2D eigenvalue weighted by Gasteiger charge is 2.35. The minimum absolute atomic E-state index is 0.0106. The number of benzene rings is 1. The summed E-state index contributed by atoms with van der Waals surface area (Å²) in [7, 11) is 0. The van der Waals surface area contributed by atoms with E-state index >= 15 is 0 Å². The van der Waals surface area contributed by atoms with E-state index < -0.39 is 0 Å². The lowest BCUT2D eigenvalue weighted by Crippen LogP contribution is -2.38. The standard InChI is InChI=1S/C20H30N2O2/c1-14(2)8-7-10-16(4)21-20(24)17-12-19(23)22(13-17)18-11-6-5-9-15(18)3/h5-6,9,11,14,16-17H,7-8,10,12-13H2,1-4H3,(H,21,24). The largest absolute Gasteiger partial charge is 0.353 e. The van der Waals surface area contributed by atoms with Gasteiger partial charge in [-0.2, -0.15) is 0 Å². The van der Waals surface area contributed by atoms with Gasteiger partial charge in [0, 0.05) is 24.7 Å². The molecule has 1 aromatic carbocycles. The minimum Gasteiger partial charge on any atom is -0.353 e. The van der Waals surface area contributed by atoms with Gasteiger partial charge in [0.2, 0.25) is 11.8 Å². The van der Waals surface area contributed by atoms with Crippen LogP contribution in [-0.4, -0.2) is 24.4 Å². The Kier molecular flexibility index (Phi) is 6.41. The van der Waals surface area contributed by atoms with Gasteiger partial charge in [0.25, 0.3) is 0 Å². The zero-order valence-corrected chi connectivity index (χ0v) is 15.3. The summed E-state index contributed by atoms with van der Waals surface area (Å²) >= 11 is 0. The number of amides is 2. The molecule has 2 unspecified atom stereocenters. The van der Waals surface area contributed by atoms with Crippen LogP contribution < -0.4 is 10.2 Å². The number of nitrogens with zero attached hydrogens (tertiary/aromatic N) is 1. The van der Waals surface area contributed by atoms with Crippen molar-refractivity contribution in [2.45, 2.75) is 59.4 Å². The van der Waals surface area contributed by atoms with Crippen LogP contribution in [0.4, 0.5) is 5.69 Å². The molecule has 2 amide bonds. The van der Waals surface area contributed by atoms with E-state index in [0.29, 0.717) is 18.9 Å². The first-order valence-electron chi connectivity index (χ1n) is 9.04. The second-order valence-electron chi connectivity index (χ2n) is 7.43. The molecule has 24 heavy (non-hydrogen) atoms. The molecule has 1 aliphatic rings. The minimum atomic E-state index is -0.246. The van der Waals surface area contributed by atoms with Crippen LogP contribution in [0.15, 0.2) is 24.3 Å². The molecule has 1 aromatic rings. The molecule has 0 bridgehead atoms. The third-order valence-electron chi connectivity index (χ3n) is 4.71. The smallest absolute Gasteiger partial charge is 0.227 e. The van der Waals surface area contributed by atoms with E-state index in [0.717, 1.165) is 24.1 Å². The van der Waals surface area contributed by atoms with Gasteiger partial charge in [-0.1, -0.05) is 44.9 Å². The average molecular weight is 330 g/mol. The number of rotatable bonds is 7. The normalized spacial score (nSPS) is 19.0. The number of carbonyl (C=O) groups is 2. The Hall–Kier alpha value is -1.84. The van der Waals surface area contributed by atoms with Gasteiger partial charge in [0.15, 0.2) is 0 Å². The Morgan fingerprint density at radius 2 is 1.96 bits per heavy atom. The Labute approximate surface area is 145 Å². The first-order chi connectivity index (χ1) is 11.4. The van der Waals surface area contributed by atoms with E-state index in [9.17, 15) is 9.59 Å². The number of carbonyl (C=O) groups excluding carboxylic acids is 2. The number of para-hydroxylation sites is 1. The number of anilines is 1. The van der Waals surface area contributed by atoms with Crippen LogP contribution in [0.25, 0.3) is 0 Å². The lowest BCUT2D eigenvalue weighted by molar-refractivity contribution is -0.126. The Balaban J connectivity index is 1.88. The van der Waals surface area contributed by atoms with Crippen molar-refractivity contribution >= 4 is 17.5 Å². The molecule has 4 heteroatoms. The van der Waals surface area contributed by atoms with Crippen molar-refractivity contribution in [1.82, 2.24) is 5.32 Å². The SMILES string of the molecule is Cc1ccccc1N1CC(C(=O)NC(C)CCCC(C)C)CC1=O. The Morgan fingerprint density at radius 3 is 2.62 bits per heavy atom. The quantitative estimate of drug-likeness (QED) is 0.829. The molecule has 0 aromatic heterocycles. The molecule has 132 valence electrons. The number of hydrogen-bond donors (Lipinski definition) is 1. The fraction of sp³-hybridized carbons (Fsp3) is 0.600. The highest BCUT2D eigenvalue weighted by Crippen LogP contribution is 2.27. The van der Waals surface area contributed by atoms with Crippen molar-refractivity contribution in [3.8, 4) is 0 Å². The van der Waals surface area contributed by atoms with Crippen molar-refractivity contribution in [1.29, 1.82) is 0 Å². The molecule has 0 aliphatic carbocycles. The van der Waals surface area contributed by atoms with Crippen molar-refractivity contribution in [3.63, 3.8) is 0 Å². The van der Waals surface area contributed by atoms with Gasteiger partial charge in [0.05, 0.1) is 5.92 Å². The maximum absolute atomic E-state index is 12.5. The van der Waals surface area contributed by atoms with Crippen LogP contribution in [0.1, 0.15) is 52.0 Å². The lowest BCUT2D eigenvalue weighted by atomic mass is 10.0. The lowest BCUT2D eigenvalue weighted by Gasteiger charge is -2.20. The maximum Gasteiger partial charge on any atom is 0.227 e. The summed E-state index contributed by atoms with van der Waals surface area (Å²) < 4.78 is 0. The molecule has 4 nitrogen and oxygen atoms in total. The first kappa shape index (κ1) is 18.5. The molecule has 1 N–H and O–H groups in total. The molecule has 1 heterocycles.